The van der Waals surface area contributed by atoms with E-state index in [1.807, 2.05) is 54.3 Å². The minimum absolute atomic E-state index is 0.0373. The number of amides is 1. The largest absolute Gasteiger partial charge is 0.494 e. The fraction of sp³-hybridized carbons (Fsp3) is 0.350. The Morgan fingerprint density at radius 3 is 2.46 bits per heavy atom. The summed E-state index contributed by atoms with van der Waals surface area (Å²) in [6.45, 7) is 3.49. The van der Waals surface area contributed by atoms with Crippen LogP contribution in [0.3, 0.4) is 0 Å². The zero-order valence-electron chi connectivity index (χ0n) is 14.0. The van der Waals surface area contributed by atoms with Crippen LogP contribution in [0.25, 0.3) is 0 Å². The molecule has 126 valence electrons. The van der Waals surface area contributed by atoms with Gasteiger partial charge < -0.3 is 14.4 Å². The Morgan fingerprint density at radius 2 is 1.75 bits per heavy atom. The molecule has 0 radical (unpaired) electrons. The molecule has 0 N–H and O–H groups in total. The standard InChI is InChI=1S/C20H23NO3/c1-2-23-18-12-10-16(11-13-18)19-9-6-14-21(19)20(22)15-24-17-7-4-3-5-8-17/h3-5,7-8,10-13,19H,2,6,9,14-15H2,1H3. The molecule has 1 saturated heterocycles. The molecule has 3 rings (SSSR count). The molecule has 1 fully saturated rings. The van der Waals surface area contributed by atoms with E-state index in [1.165, 1.54) is 0 Å². The van der Waals surface area contributed by atoms with E-state index in [1.54, 1.807) is 0 Å². The smallest absolute Gasteiger partial charge is 0.261 e. The zero-order chi connectivity index (χ0) is 16.8. The van der Waals surface area contributed by atoms with Crippen molar-refractivity contribution in [3.05, 3.63) is 60.2 Å². The Hall–Kier alpha value is -2.49. The average molecular weight is 325 g/mol. The van der Waals surface area contributed by atoms with E-state index in [4.69, 9.17) is 9.47 Å². The van der Waals surface area contributed by atoms with Gasteiger partial charge in [0.05, 0.1) is 12.6 Å². The monoisotopic (exact) mass is 325 g/mol. The second-order valence-corrected chi connectivity index (χ2v) is 5.85. The predicted octanol–water partition coefficient (Wildman–Crippen LogP) is 3.83. The molecule has 1 aliphatic rings. The maximum absolute atomic E-state index is 12.5. The summed E-state index contributed by atoms with van der Waals surface area (Å²) in [4.78, 5) is 14.5. The van der Waals surface area contributed by atoms with Crippen LogP contribution in [0.1, 0.15) is 31.4 Å². The van der Waals surface area contributed by atoms with Crippen molar-refractivity contribution in [3.63, 3.8) is 0 Å². The fourth-order valence-electron chi connectivity index (χ4n) is 3.11. The minimum atomic E-state index is 0.0373. The number of carbonyl (C=O) groups is 1. The number of ether oxygens (including phenoxy) is 2. The second kappa shape index (κ2) is 7.86. The van der Waals surface area contributed by atoms with E-state index in [-0.39, 0.29) is 18.6 Å². The molecule has 0 saturated carbocycles. The summed E-state index contributed by atoms with van der Waals surface area (Å²) >= 11 is 0. The van der Waals surface area contributed by atoms with Crippen molar-refractivity contribution in [1.29, 1.82) is 0 Å². The van der Waals surface area contributed by atoms with Gasteiger partial charge in [0.15, 0.2) is 6.61 Å². The van der Waals surface area contributed by atoms with Crippen LogP contribution in [0.4, 0.5) is 0 Å². The van der Waals surface area contributed by atoms with Gasteiger partial charge in [0.1, 0.15) is 11.5 Å². The summed E-state index contributed by atoms with van der Waals surface area (Å²) in [5, 5.41) is 0. The molecule has 1 atom stereocenters. The normalized spacial score (nSPS) is 16.9. The number of likely N-dealkylation sites (tertiary alicyclic amines) is 1. The summed E-state index contributed by atoms with van der Waals surface area (Å²) in [6, 6.07) is 17.6. The predicted molar refractivity (Wildman–Crippen MR) is 93.2 cm³/mol. The first-order valence-corrected chi connectivity index (χ1v) is 8.48. The van der Waals surface area contributed by atoms with Crippen LogP contribution in [0.2, 0.25) is 0 Å². The lowest BCUT2D eigenvalue weighted by molar-refractivity contribution is -0.134. The number of nitrogens with zero attached hydrogens (tertiary/aromatic N) is 1. The summed E-state index contributed by atoms with van der Waals surface area (Å²) in [5.41, 5.74) is 1.16. The number of hydrogen-bond donors (Lipinski definition) is 0. The molecule has 1 heterocycles. The SMILES string of the molecule is CCOc1ccc(C2CCCN2C(=O)COc2ccccc2)cc1. The van der Waals surface area contributed by atoms with Crippen LogP contribution < -0.4 is 9.47 Å². The highest BCUT2D eigenvalue weighted by Gasteiger charge is 2.30. The molecule has 2 aromatic rings. The lowest BCUT2D eigenvalue weighted by Gasteiger charge is -2.25. The van der Waals surface area contributed by atoms with Crippen molar-refractivity contribution >= 4 is 5.91 Å². The summed E-state index contributed by atoms with van der Waals surface area (Å²) < 4.78 is 11.1. The Balaban J connectivity index is 1.63. The minimum Gasteiger partial charge on any atom is -0.494 e. The third-order valence-electron chi connectivity index (χ3n) is 4.25. The average Bonchev–Trinajstić information content (AvgIpc) is 3.11. The number of hydrogen-bond acceptors (Lipinski definition) is 3. The Bertz CT molecular complexity index is 654. The van der Waals surface area contributed by atoms with Crippen molar-refractivity contribution in [2.75, 3.05) is 19.8 Å². The zero-order valence-corrected chi connectivity index (χ0v) is 14.0. The summed E-state index contributed by atoms with van der Waals surface area (Å²) in [7, 11) is 0. The first-order chi connectivity index (χ1) is 11.8. The number of benzene rings is 2. The van der Waals surface area contributed by atoms with E-state index in [2.05, 4.69) is 12.1 Å². The van der Waals surface area contributed by atoms with Gasteiger partial charge in [-0.05, 0) is 49.6 Å². The third kappa shape index (κ3) is 3.88. The van der Waals surface area contributed by atoms with Crippen LogP contribution in [0, 0.1) is 0 Å². The number of para-hydroxylation sites is 1. The van der Waals surface area contributed by atoms with E-state index in [0.29, 0.717) is 6.61 Å². The third-order valence-corrected chi connectivity index (χ3v) is 4.25. The first-order valence-electron chi connectivity index (χ1n) is 8.48. The van der Waals surface area contributed by atoms with Gasteiger partial charge in [0, 0.05) is 6.54 Å². The van der Waals surface area contributed by atoms with Crippen LogP contribution in [0.5, 0.6) is 11.5 Å². The van der Waals surface area contributed by atoms with Gasteiger partial charge in [-0.25, -0.2) is 0 Å². The van der Waals surface area contributed by atoms with Gasteiger partial charge in [-0.2, -0.15) is 0 Å². The van der Waals surface area contributed by atoms with Crippen molar-refractivity contribution in [2.45, 2.75) is 25.8 Å². The maximum Gasteiger partial charge on any atom is 0.261 e. The molecule has 1 aliphatic heterocycles. The Morgan fingerprint density at radius 1 is 1.04 bits per heavy atom. The Kier molecular flexibility index (Phi) is 5.36. The topological polar surface area (TPSA) is 38.8 Å². The summed E-state index contributed by atoms with van der Waals surface area (Å²) in [6.07, 6.45) is 2.01. The molecule has 0 aromatic heterocycles. The lowest BCUT2D eigenvalue weighted by atomic mass is 10.0. The summed E-state index contributed by atoms with van der Waals surface area (Å²) in [5.74, 6) is 1.63. The molecule has 0 spiro atoms. The highest BCUT2D eigenvalue weighted by Crippen LogP contribution is 2.32. The molecule has 2 aromatic carbocycles. The molecule has 1 unspecified atom stereocenters. The van der Waals surface area contributed by atoms with Crippen molar-refractivity contribution in [2.24, 2.45) is 0 Å². The molecular weight excluding hydrogens is 302 g/mol. The van der Waals surface area contributed by atoms with Gasteiger partial charge in [-0.15, -0.1) is 0 Å². The van der Waals surface area contributed by atoms with Crippen LogP contribution in [-0.2, 0) is 4.79 Å². The molecule has 4 heteroatoms. The quantitative estimate of drug-likeness (QED) is 0.810. The molecule has 0 bridgehead atoms. The van der Waals surface area contributed by atoms with Gasteiger partial charge in [-0.3, -0.25) is 4.79 Å². The van der Waals surface area contributed by atoms with Crippen LogP contribution in [-0.4, -0.2) is 30.6 Å². The van der Waals surface area contributed by atoms with Crippen LogP contribution >= 0.6 is 0 Å². The fourth-order valence-corrected chi connectivity index (χ4v) is 3.11. The Labute approximate surface area is 143 Å². The number of rotatable bonds is 6. The molecular formula is C20H23NO3. The number of carbonyl (C=O) groups excluding carboxylic acids is 1. The van der Waals surface area contributed by atoms with Gasteiger partial charge in [0.2, 0.25) is 0 Å². The van der Waals surface area contributed by atoms with Crippen LogP contribution in [0.15, 0.2) is 54.6 Å². The molecule has 0 aliphatic carbocycles. The first kappa shape index (κ1) is 16.4. The van der Waals surface area contributed by atoms with Gasteiger partial charge >= 0.3 is 0 Å². The molecule has 24 heavy (non-hydrogen) atoms. The van der Waals surface area contributed by atoms with E-state index in [9.17, 15) is 4.79 Å². The van der Waals surface area contributed by atoms with Crippen molar-refractivity contribution in [1.82, 2.24) is 4.90 Å². The van der Waals surface area contributed by atoms with Gasteiger partial charge in [-0.1, -0.05) is 30.3 Å². The highest BCUT2D eigenvalue weighted by molar-refractivity contribution is 5.78. The van der Waals surface area contributed by atoms with Gasteiger partial charge in [0.25, 0.3) is 5.91 Å². The van der Waals surface area contributed by atoms with E-state index in [0.717, 1.165) is 36.4 Å². The molecule has 1 amide bonds. The highest BCUT2D eigenvalue weighted by atomic mass is 16.5. The van der Waals surface area contributed by atoms with Crippen molar-refractivity contribution in [3.8, 4) is 11.5 Å². The molecule has 4 nitrogen and oxygen atoms in total. The van der Waals surface area contributed by atoms with E-state index >= 15 is 0 Å². The van der Waals surface area contributed by atoms with Crippen molar-refractivity contribution < 1.29 is 14.3 Å². The van der Waals surface area contributed by atoms with E-state index < -0.39 is 0 Å². The maximum atomic E-state index is 12.5. The lowest BCUT2D eigenvalue weighted by Crippen LogP contribution is -2.34. The second-order valence-electron chi connectivity index (χ2n) is 5.85.